The number of carbonyl (C=O) groups is 2. The van der Waals surface area contributed by atoms with Gasteiger partial charge >= 0.3 is 0 Å². The molecule has 0 spiro atoms. The monoisotopic (exact) mass is 490 g/mol. The van der Waals surface area contributed by atoms with Crippen LogP contribution in [0.15, 0.2) is 72.4 Å². The summed E-state index contributed by atoms with van der Waals surface area (Å²) in [6.07, 6.45) is 1.63. The molecule has 8 nitrogen and oxygen atoms in total. The number of hydrogen-bond donors (Lipinski definition) is 2. The zero-order chi connectivity index (χ0) is 25.9. The van der Waals surface area contributed by atoms with Gasteiger partial charge in [-0.25, -0.2) is 0 Å². The predicted octanol–water partition coefficient (Wildman–Crippen LogP) is 3.74. The van der Waals surface area contributed by atoms with Gasteiger partial charge in [0.25, 0.3) is 5.91 Å². The van der Waals surface area contributed by atoms with Crippen molar-refractivity contribution in [3.63, 3.8) is 0 Å². The Balaban J connectivity index is 1.83. The molecule has 0 radical (unpaired) electrons. The molecule has 0 bridgehead atoms. The lowest BCUT2D eigenvalue weighted by molar-refractivity contribution is -0.123. The fourth-order valence-corrected chi connectivity index (χ4v) is 3.51. The van der Waals surface area contributed by atoms with Crippen LogP contribution in [0.2, 0.25) is 0 Å². The molecule has 0 aliphatic carbocycles. The first-order valence-electron chi connectivity index (χ1n) is 11.2. The molecular weight excluding hydrogens is 460 g/mol. The molecule has 36 heavy (non-hydrogen) atoms. The fraction of sp³-hybridized carbons (Fsp3) is 0.214. The normalized spacial score (nSPS) is 10.8. The van der Waals surface area contributed by atoms with E-state index in [9.17, 15) is 9.59 Å². The van der Waals surface area contributed by atoms with E-state index in [1.807, 2.05) is 30.3 Å². The summed E-state index contributed by atoms with van der Waals surface area (Å²) < 4.78 is 21.2. The molecule has 2 amide bonds. The highest BCUT2D eigenvalue weighted by Gasteiger charge is 2.16. The number of nitrogens with one attached hydrogen (secondary N) is 2. The molecule has 3 rings (SSSR count). The smallest absolute Gasteiger partial charge is 0.268 e. The summed E-state index contributed by atoms with van der Waals surface area (Å²) in [6.45, 7) is 0.314. The van der Waals surface area contributed by atoms with Gasteiger partial charge in [-0.15, -0.1) is 0 Å². The van der Waals surface area contributed by atoms with Crippen molar-refractivity contribution in [3.8, 4) is 23.0 Å². The van der Waals surface area contributed by atoms with Crippen molar-refractivity contribution in [2.75, 3.05) is 28.4 Å². The number of carbonyl (C=O) groups excluding carboxylic acids is 2. The molecule has 0 unspecified atom stereocenters. The largest absolute Gasteiger partial charge is 0.493 e. The van der Waals surface area contributed by atoms with Gasteiger partial charge in [-0.3, -0.25) is 9.59 Å². The molecule has 3 aromatic carbocycles. The van der Waals surface area contributed by atoms with Gasteiger partial charge < -0.3 is 29.6 Å². The van der Waals surface area contributed by atoms with Gasteiger partial charge in [0.1, 0.15) is 5.70 Å². The maximum absolute atomic E-state index is 13.1. The van der Waals surface area contributed by atoms with Crippen LogP contribution >= 0.6 is 0 Å². The molecule has 0 saturated heterocycles. The van der Waals surface area contributed by atoms with Crippen LogP contribution in [-0.4, -0.2) is 40.3 Å². The third-order valence-electron chi connectivity index (χ3n) is 5.35. The summed E-state index contributed by atoms with van der Waals surface area (Å²) in [5, 5.41) is 5.61. The Labute approximate surface area is 210 Å². The topological polar surface area (TPSA) is 95.1 Å². The molecule has 0 aliphatic rings. The predicted molar refractivity (Wildman–Crippen MR) is 137 cm³/mol. The van der Waals surface area contributed by atoms with Crippen molar-refractivity contribution < 1.29 is 28.5 Å². The second kappa shape index (κ2) is 12.9. The molecule has 8 heteroatoms. The molecule has 0 aromatic heterocycles. The Kier molecular flexibility index (Phi) is 9.33. The van der Waals surface area contributed by atoms with Crippen molar-refractivity contribution in [1.82, 2.24) is 10.6 Å². The first-order valence-corrected chi connectivity index (χ1v) is 11.2. The number of methoxy groups -OCH3 is 4. The Morgan fingerprint density at radius 1 is 0.722 bits per heavy atom. The Hall–Kier alpha value is -4.46. The van der Waals surface area contributed by atoms with Crippen LogP contribution in [0.25, 0.3) is 6.08 Å². The van der Waals surface area contributed by atoms with Crippen molar-refractivity contribution in [2.45, 2.75) is 13.0 Å². The van der Waals surface area contributed by atoms with E-state index in [0.29, 0.717) is 40.7 Å². The maximum atomic E-state index is 13.1. The third kappa shape index (κ3) is 7.02. The average molecular weight is 491 g/mol. The van der Waals surface area contributed by atoms with Crippen LogP contribution in [0.5, 0.6) is 23.0 Å². The standard InChI is InChI=1S/C28H30N2O6/c1-33-23-12-10-20(15-25(23)35-3)14-22(28(32)29-18-19-8-6-5-7-9-19)30-27(31)17-21-11-13-24(34-2)26(16-21)36-4/h5-16H,17-18H2,1-4H3,(H,29,32)(H,30,31)/b22-14-. The van der Waals surface area contributed by atoms with Gasteiger partial charge in [-0.1, -0.05) is 42.5 Å². The average Bonchev–Trinajstić information content (AvgIpc) is 2.91. The first kappa shape index (κ1) is 26.2. The van der Waals surface area contributed by atoms with E-state index in [0.717, 1.165) is 5.56 Å². The van der Waals surface area contributed by atoms with E-state index in [2.05, 4.69) is 10.6 Å². The van der Waals surface area contributed by atoms with Crippen molar-refractivity contribution >= 4 is 17.9 Å². The third-order valence-corrected chi connectivity index (χ3v) is 5.35. The molecule has 0 fully saturated rings. The van der Waals surface area contributed by atoms with Gasteiger partial charge in [0.2, 0.25) is 5.91 Å². The van der Waals surface area contributed by atoms with E-state index in [-0.39, 0.29) is 18.0 Å². The first-order chi connectivity index (χ1) is 17.5. The summed E-state index contributed by atoms with van der Waals surface area (Å²) in [4.78, 5) is 26.0. The number of benzene rings is 3. The van der Waals surface area contributed by atoms with Gasteiger partial charge in [-0.2, -0.15) is 0 Å². The van der Waals surface area contributed by atoms with Gasteiger partial charge in [0, 0.05) is 6.54 Å². The molecule has 2 N–H and O–H groups in total. The highest BCUT2D eigenvalue weighted by Crippen LogP contribution is 2.29. The Morgan fingerprint density at radius 2 is 1.33 bits per heavy atom. The van der Waals surface area contributed by atoms with Crippen LogP contribution in [0.3, 0.4) is 0 Å². The minimum atomic E-state index is -0.422. The summed E-state index contributed by atoms with van der Waals surface area (Å²) in [7, 11) is 6.15. The number of ether oxygens (including phenoxy) is 4. The molecule has 0 aliphatic heterocycles. The number of amides is 2. The maximum Gasteiger partial charge on any atom is 0.268 e. The Morgan fingerprint density at radius 3 is 1.97 bits per heavy atom. The molecule has 0 heterocycles. The lowest BCUT2D eigenvalue weighted by atomic mass is 10.1. The van der Waals surface area contributed by atoms with Crippen molar-refractivity contribution in [2.24, 2.45) is 0 Å². The summed E-state index contributed by atoms with van der Waals surface area (Å²) >= 11 is 0. The van der Waals surface area contributed by atoms with E-state index in [1.54, 1.807) is 56.7 Å². The van der Waals surface area contributed by atoms with Gasteiger partial charge in [-0.05, 0) is 47.0 Å². The van der Waals surface area contributed by atoms with Crippen LogP contribution in [0.4, 0.5) is 0 Å². The molecule has 188 valence electrons. The zero-order valence-electron chi connectivity index (χ0n) is 20.8. The van der Waals surface area contributed by atoms with Crippen LogP contribution in [0, 0.1) is 0 Å². The quantitative estimate of drug-likeness (QED) is 0.398. The van der Waals surface area contributed by atoms with E-state index in [1.165, 1.54) is 14.2 Å². The van der Waals surface area contributed by atoms with Gasteiger partial charge in [0.15, 0.2) is 23.0 Å². The second-order valence-electron chi connectivity index (χ2n) is 7.75. The SMILES string of the molecule is COc1ccc(/C=C(\NC(=O)Cc2ccc(OC)c(OC)c2)C(=O)NCc2ccccc2)cc1OC. The summed E-state index contributed by atoms with van der Waals surface area (Å²) in [5.41, 5.74) is 2.40. The van der Waals surface area contributed by atoms with Crippen LogP contribution in [-0.2, 0) is 22.6 Å². The molecule has 0 atom stereocenters. The minimum absolute atomic E-state index is 0.0373. The number of hydrogen-bond acceptors (Lipinski definition) is 6. The fourth-order valence-electron chi connectivity index (χ4n) is 3.51. The second-order valence-corrected chi connectivity index (χ2v) is 7.75. The van der Waals surface area contributed by atoms with Crippen LogP contribution < -0.4 is 29.6 Å². The Bertz CT molecular complexity index is 1220. The zero-order valence-corrected chi connectivity index (χ0v) is 20.8. The molecule has 0 saturated carbocycles. The van der Waals surface area contributed by atoms with E-state index >= 15 is 0 Å². The van der Waals surface area contributed by atoms with E-state index < -0.39 is 5.91 Å². The lowest BCUT2D eigenvalue weighted by Gasteiger charge is -2.13. The van der Waals surface area contributed by atoms with Gasteiger partial charge in [0.05, 0.1) is 34.9 Å². The number of rotatable bonds is 11. The summed E-state index contributed by atoms with van der Waals surface area (Å²) in [5.74, 6) is 1.37. The van der Waals surface area contributed by atoms with Crippen molar-refractivity contribution in [1.29, 1.82) is 0 Å². The van der Waals surface area contributed by atoms with Crippen LogP contribution in [0.1, 0.15) is 16.7 Å². The molecule has 3 aromatic rings. The highest BCUT2D eigenvalue weighted by atomic mass is 16.5. The summed E-state index contributed by atoms with van der Waals surface area (Å²) in [6, 6.07) is 20.0. The minimum Gasteiger partial charge on any atom is -0.493 e. The van der Waals surface area contributed by atoms with E-state index in [4.69, 9.17) is 18.9 Å². The molecular formula is C28H30N2O6. The lowest BCUT2D eigenvalue weighted by Crippen LogP contribution is -2.35. The van der Waals surface area contributed by atoms with Crippen molar-refractivity contribution in [3.05, 3.63) is 89.1 Å². The highest BCUT2D eigenvalue weighted by molar-refractivity contribution is 6.01.